The first-order chi connectivity index (χ1) is 24.8. The second-order valence-electron chi connectivity index (χ2n) is 12.9. The topological polar surface area (TPSA) is 48.5 Å². The molecule has 3 aromatic heterocycles. The van der Waals surface area contributed by atoms with Crippen LogP contribution in [0.2, 0.25) is 0 Å². The van der Waals surface area contributed by atoms with Gasteiger partial charge in [0.15, 0.2) is 5.82 Å². The predicted octanol–water partition coefficient (Wildman–Crippen LogP) is 10.9. The van der Waals surface area contributed by atoms with E-state index < -0.39 is 0 Å². The minimum atomic E-state index is 0.596. The van der Waals surface area contributed by atoms with Gasteiger partial charge in [0.05, 0.1) is 16.6 Å². The molecule has 1 aliphatic carbocycles. The number of rotatable bonds is 5. The van der Waals surface area contributed by atoms with Crippen molar-refractivity contribution in [1.82, 2.24) is 24.1 Å². The summed E-state index contributed by atoms with van der Waals surface area (Å²) in [4.78, 5) is 14.8. The molecule has 0 amide bonds. The van der Waals surface area contributed by atoms with Gasteiger partial charge in [-0.25, -0.2) is 9.97 Å². The monoisotopic (exact) mass is 641 g/mol. The van der Waals surface area contributed by atoms with E-state index >= 15 is 0 Å². The minimum absolute atomic E-state index is 0.596. The number of para-hydroxylation sites is 2. The van der Waals surface area contributed by atoms with Crippen molar-refractivity contribution >= 4 is 38.8 Å². The van der Waals surface area contributed by atoms with E-state index in [1.807, 2.05) is 12.1 Å². The van der Waals surface area contributed by atoms with Crippen LogP contribution in [0.25, 0.3) is 84.1 Å². The zero-order valence-electron chi connectivity index (χ0n) is 27.2. The molecule has 1 aliphatic rings. The number of benzene rings is 6. The van der Waals surface area contributed by atoms with Crippen LogP contribution in [0.4, 0.5) is 0 Å². The van der Waals surface area contributed by atoms with Gasteiger partial charge in [-0.1, -0.05) is 109 Å². The van der Waals surface area contributed by atoms with Gasteiger partial charge in [-0.15, -0.1) is 0 Å². The fourth-order valence-corrected chi connectivity index (χ4v) is 7.65. The highest BCUT2D eigenvalue weighted by Crippen LogP contribution is 2.40. The molecule has 5 heteroatoms. The quantitative estimate of drug-likeness (QED) is 0.188. The van der Waals surface area contributed by atoms with E-state index in [4.69, 9.17) is 15.0 Å². The number of nitrogens with zero attached hydrogens (tertiary/aromatic N) is 5. The van der Waals surface area contributed by atoms with Gasteiger partial charge in [-0.3, -0.25) is 4.57 Å². The number of hydrogen-bond donors (Lipinski definition) is 0. The van der Waals surface area contributed by atoms with Crippen molar-refractivity contribution in [3.63, 3.8) is 0 Å². The van der Waals surface area contributed by atoms with E-state index in [1.54, 1.807) is 6.33 Å². The molecule has 0 saturated heterocycles. The van der Waals surface area contributed by atoms with Crippen molar-refractivity contribution < 1.29 is 0 Å². The highest BCUT2D eigenvalue weighted by Gasteiger charge is 2.23. The van der Waals surface area contributed by atoms with Gasteiger partial charge in [0, 0.05) is 38.7 Å². The third-order valence-electron chi connectivity index (χ3n) is 9.91. The van der Waals surface area contributed by atoms with Crippen LogP contribution in [-0.4, -0.2) is 24.1 Å². The molecule has 0 atom stereocenters. The van der Waals surface area contributed by atoms with E-state index in [2.05, 4.69) is 155 Å². The zero-order valence-corrected chi connectivity index (χ0v) is 27.2. The molecule has 0 saturated carbocycles. The lowest BCUT2D eigenvalue weighted by Gasteiger charge is -2.13. The Balaban J connectivity index is 1.20. The smallest absolute Gasteiger partial charge is 0.238 e. The molecule has 0 spiro atoms. The Morgan fingerprint density at radius 1 is 0.480 bits per heavy atom. The van der Waals surface area contributed by atoms with Crippen LogP contribution >= 0.6 is 0 Å². The number of fused-ring (bicyclic) bond motifs is 6. The molecule has 0 unspecified atom stereocenters. The summed E-state index contributed by atoms with van der Waals surface area (Å²) in [7, 11) is 0. The van der Waals surface area contributed by atoms with E-state index in [9.17, 15) is 0 Å². The summed E-state index contributed by atoms with van der Waals surface area (Å²) in [5.41, 5.74) is 12.6. The van der Waals surface area contributed by atoms with Gasteiger partial charge in [0.2, 0.25) is 5.95 Å². The van der Waals surface area contributed by atoms with Crippen molar-refractivity contribution in [3.05, 3.63) is 169 Å². The maximum Gasteiger partial charge on any atom is 0.238 e. The summed E-state index contributed by atoms with van der Waals surface area (Å²) < 4.78 is 4.65. The normalized spacial score (nSPS) is 12.6. The molecule has 0 bridgehead atoms. The fourth-order valence-electron chi connectivity index (χ4n) is 7.65. The van der Waals surface area contributed by atoms with Crippen LogP contribution in [0.5, 0.6) is 0 Å². The largest absolute Gasteiger partial charge is 0.313 e. The Kier molecular flexibility index (Phi) is 6.56. The Labute approximate surface area is 289 Å². The average molecular weight is 642 g/mol. The maximum atomic E-state index is 5.20. The highest BCUT2D eigenvalue weighted by atomic mass is 15.2. The summed E-state index contributed by atoms with van der Waals surface area (Å²) in [6.07, 6.45) is 8.28. The molecule has 0 aliphatic heterocycles. The van der Waals surface area contributed by atoms with Crippen LogP contribution in [0.3, 0.4) is 0 Å². The standard InChI is InChI=1S/C45H31N5/c1-4-14-30(15-5-1)32-24-33(31-16-6-2-7-17-31)26-34(25-32)44-46-29-47-45(48-44)50-41-23-13-11-21-37(41)39-27-42-38(28-43(39)50)36-20-10-12-22-40(36)49(42)35-18-8-3-9-19-35/h1-11,13-21,23-29H,12,22H2. The van der Waals surface area contributed by atoms with Gasteiger partial charge in [0.1, 0.15) is 6.33 Å². The minimum Gasteiger partial charge on any atom is -0.313 e. The SMILES string of the molecule is C1=Cc2c(n(-c3ccccc3)c3cc4c5ccccc5n(-c5ncnc(-c6cc(-c7ccccc7)cc(-c7ccccc7)c6)n5)c4cc23)CC1. The molecule has 236 valence electrons. The molecule has 5 nitrogen and oxygen atoms in total. The lowest BCUT2D eigenvalue weighted by molar-refractivity contribution is 0.889. The first-order valence-corrected chi connectivity index (χ1v) is 17.1. The maximum absolute atomic E-state index is 5.20. The van der Waals surface area contributed by atoms with Crippen molar-refractivity contribution in [1.29, 1.82) is 0 Å². The van der Waals surface area contributed by atoms with Crippen LogP contribution in [0.1, 0.15) is 17.7 Å². The van der Waals surface area contributed by atoms with Gasteiger partial charge in [0.25, 0.3) is 0 Å². The molecule has 10 rings (SSSR count). The van der Waals surface area contributed by atoms with Gasteiger partial charge < -0.3 is 4.57 Å². The summed E-state index contributed by atoms with van der Waals surface area (Å²) in [6, 6.07) is 51.6. The lowest BCUT2D eigenvalue weighted by Crippen LogP contribution is -2.03. The van der Waals surface area contributed by atoms with Gasteiger partial charge in [-0.05, 0) is 83.6 Å². The molecule has 0 radical (unpaired) electrons. The fraction of sp³-hybridized carbons (Fsp3) is 0.0444. The molecular formula is C45H31N5. The van der Waals surface area contributed by atoms with Crippen LogP contribution in [0.15, 0.2) is 158 Å². The molecule has 9 aromatic rings. The van der Waals surface area contributed by atoms with Gasteiger partial charge >= 0.3 is 0 Å². The third-order valence-corrected chi connectivity index (χ3v) is 9.91. The second kappa shape index (κ2) is 11.5. The Hall–Kier alpha value is -6.59. The summed E-state index contributed by atoms with van der Waals surface area (Å²) in [5, 5.41) is 3.57. The number of hydrogen-bond acceptors (Lipinski definition) is 3. The highest BCUT2D eigenvalue weighted by molar-refractivity contribution is 6.14. The van der Waals surface area contributed by atoms with Gasteiger partial charge in [-0.2, -0.15) is 4.98 Å². The van der Waals surface area contributed by atoms with E-state index in [1.165, 1.54) is 33.2 Å². The van der Waals surface area contributed by atoms with E-state index in [-0.39, 0.29) is 0 Å². The molecule has 50 heavy (non-hydrogen) atoms. The van der Waals surface area contributed by atoms with Crippen LogP contribution in [0, 0.1) is 0 Å². The van der Waals surface area contributed by atoms with E-state index in [0.717, 1.165) is 57.1 Å². The Morgan fingerprint density at radius 3 is 1.84 bits per heavy atom. The van der Waals surface area contributed by atoms with Crippen LogP contribution < -0.4 is 0 Å². The first-order valence-electron chi connectivity index (χ1n) is 17.1. The summed E-state index contributed by atoms with van der Waals surface area (Å²) in [6.45, 7) is 0. The van der Waals surface area contributed by atoms with Crippen molar-refractivity contribution in [2.24, 2.45) is 0 Å². The van der Waals surface area contributed by atoms with Crippen molar-refractivity contribution in [3.8, 4) is 45.3 Å². The lowest BCUT2D eigenvalue weighted by atomic mass is 9.96. The molecule has 3 heterocycles. The third kappa shape index (κ3) is 4.59. The Bertz CT molecular complexity index is 2680. The predicted molar refractivity (Wildman–Crippen MR) is 205 cm³/mol. The average Bonchev–Trinajstić information content (AvgIpc) is 3.70. The summed E-state index contributed by atoms with van der Waals surface area (Å²) >= 11 is 0. The van der Waals surface area contributed by atoms with Crippen molar-refractivity contribution in [2.75, 3.05) is 0 Å². The molecule has 0 fully saturated rings. The summed E-state index contributed by atoms with van der Waals surface area (Å²) in [5.74, 6) is 1.23. The molecule has 6 aromatic carbocycles. The molecular weight excluding hydrogens is 611 g/mol. The number of aromatic nitrogens is 5. The zero-order chi connectivity index (χ0) is 33.0. The number of allylic oxidation sites excluding steroid dienone is 1. The van der Waals surface area contributed by atoms with E-state index in [0.29, 0.717) is 11.8 Å². The Morgan fingerprint density at radius 2 is 1.10 bits per heavy atom. The second-order valence-corrected chi connectivity index (χ2v) is 12.9. The molecule has 0 N–H and O–H groups in total. The van der Waals surface area contributed by atoms with Crippen molar-refractivity contribution in [2.45, 2.75) is 12.8 Å². The van der Waals surface area contributed by atoms with Crippen LogP contribution in [-0.2, 0) is 6.42 Å². The first kappa shape index (κ1) is 28.4.